The average molecular weight is 292 g/mol. The van der Waals surface area contributed by atoms with E-state index in [1.54, 1.807) is 7.11 Å². The highest BCUT2D eigenvalue weighted by atomic mass is 16.5. The Kier molecular flexibility index (Phi) is 5.44. The molecular formula is C16H24N2O3. The second-order valence-corrected chi connectivity index (χ2v) is 5.62. The highest BCUT2D eigenvalue weighted by Gasteiger charge is 2.29. The Bertz CT molecular complexity index is 470. The summed E-state index contributed by atoms with van der Waals surface area (Å²) in [4.78, 5) is 11.9. The van der Waals surface area contributed by atoms with Gasteiger partial charge in [-0.2, -0.15) is 0 Å². The molecule has 1 fully saturated rings. The van der Waals surface area contributed by atoms with Gasteiger partial charge in [0, 0.05) is 6.54 Å². The van der Waals surface area contributed by atoms with Gasteiger partial charge < -0.3 is 20.5 Å². The van der Waals surface area contributed by atoms with Crippen molar-refractivity contribution in [3.05, 3.63) is 24.3 Å². The van der Waals surface area contributed by atoms with E-state index in [9.17, 15) is 9.90 Å². The number of nitrogens with one attached hydrogen (secondary N) is 2. The summed E-state index contributed by atoms with van der Waals surface area (Å²) in [6.45, 7) is 0.496. The summed E-state index contributed by atoms with van der Waals surface area (Å²) in [5.41, 5.74) is 0.0600. The third-order valence-corrected chi connectivity index (χ3v) is 3.95. The Balaban J connectivity index is 1.77. The molecule has 2 rings (SSSR count). The minimum absolute atomic E-state index is 0.125. The van der Waals surface area contributed by atoms with Crippen molar-refractivity contribution < 1.29 is 14.6 Å². The minimum atomic E-state index is -0.724. The van der Waals surface area contributed by atoms with E-state index >= 15 is 0 Å². The van der Waals surface area contributed by atoms with E-state index in [-0.39, 0.29) is 12.5 Å². The van der Waals surface area contributed by atoms with E-state index in [0.29, 0.717) is 12.3 Å². The molecule has 0 atom stereocenters. The fraction of sp³-hybridized carbons (Fsp3) is 0.562. The molecule has 1 aliphatic rings. The van der Waals surface area contributed by atoms with Gasteiger partial charge in [0.05, 0.1) is 24.9 Å². The first-order chi connectivity index (χ1) is 10.1. The summed E-state index contributed by atoms with van der Waals surface area (Å²) < 4.78 is 5.21. The van der Waals surface area contributed by atoms with Crippen LogP contribution in [0.3, 0.4) is 0 Å². The number of benzene rings is 1. The van der Waals surface area contributed by atoms with Crippen molar-refractivity contribution in [1.82, 2.24) is 5.32 Å². The monoisotopic (exact) mass is 292 g/mol. The fourth-order valence-corrected chi connectivity index (χ4v) is 2.68. The van der Waals surface area contributed by atoms with E-state index < -0.39 is 5.60 Å². The van der Waals surface area contributed by atoms with Gasteiger partial charge in [0.15, 0.2) is 0 Å². The number of methoxy groups -OCH3 is 1. The Morgan fingerprint density at radius 1 is 1.29 bits per heavy atom. The predicted molar refractivity (Wildman–Crippen MR) is 82.5 cm³/mol. The van der Waals surface area contributed by atoms with E-state index in [2.05, 4.69) is 10.6 Å². The summed E-state index contributed by atoms with van der Waals surface area (Å²) in [5, 5.41) is 16.2. The van der Waals surface area contributed by atoms with Gasteiger partial charge in [-0.3, -0.25) is 4.79 Å². The second kappa shape index (κ2) is 7.31. The second-order valence-electron chi connectivity index (χ2n) is 5.62. The number of hydrogen-bond donors (Lipinski definition) is 3. The predicted octanol–water partition coefficient (Wildman–Crippen LogP) is 1.92. The Labute approximate surface area is 125 Å². The molecule has 1 aliphatic carbocycles. The highest BCUT2D eigenvalue weighted by molar-refractivity contribution is 5.81. The smallest absolute Gasteiger partial charge is 0.239 e. The molecule has 21 heavy (non-hydrogen) atoms. The van der Waals surface area contributed by atoms with Crippen LogP contribution in [0.5, 0.6) is 5.75 Å². The Hall–Kier alpha value is -1.75. The third-order valence-electron chi connectivity index (χ3n) is 3.95. The molecule has 1 aromatic rings. The first-order valence-electron chi connectivity index (χ1n) is 7.49. The summed E-state index contributed by atoms with van der Waals surface area (Å²) >= 11 is 0. The molecule has 0 radical (unpaired) electrons. The quantitative estimate of drug-likeness (QED) is 0.749. The van der Waals surface area contributed by atoms with E-state index in [4.69, 9.17) is 4.74 Å². The number of hydrogen-bond acceptors (Lipinski definition) is 4. The molecule has 0 heterocycles. The molecular weight excluding hydrogens is 268 g/mol. The number of carbonyl (C=O) groups is 1. The fourth-order valence-electron chi connectivity index (χ4n) is 2.68. The van der Waals surface area contributed by atoms with Crippen LogP contribution in [0.1, 0.15) is 32.1 Å². The summed E-state index contributed by atoms with van der Waals surface area (Å²) in [7, 11) is 1.60. The van der Waals surface area contributed by atoms with Crippen molar-refractivity contribution in [2.75, 3.05) is 25.5 Å². The minimum Gasteiger partial charge on any atom is -0.495 e. The van der Waals surface area contributed by atoms with Crippen molar-refractivity contribution in [2.24, 2.45) is 0 Å². The number of para-hydroxylation sites is 2. The van der Waals surface area contributed by atoms with Crippen LogP contribution < -0.4 is 15.4 Å². The summed E-state index contributed by atoms with van der Waals surface area (Å²) in [6.07, 6.45) is 4.78. The topological polar surface area (TPSA) is 70.6 Å². The number of anilines is 1. The molecule has 0 saturated heterocycles. The van der Waals surface area contributed by atoms with Gasteiger partial charge in [0.2, 0.25) is 5.91 Å². The van der Waals surface area contributed by atoms with Gasteiger partial charge in [0.1, 0.15) is 5.75 Å². The zero-order chi connectivity index (χ0) is 15.1. The van der Waals surface area contributed by atoms with Crippen LogP contribution in [-0.2, 0) is 4.79 Å². The van der Waals surface area contributed by atoms with Gasteiger partial charge in [-0.25, -0.2) is 0 Å². The maximum absolute atomic E-state index is 11.9. The molecule has 0 aliphatic heterocycles. The van der Waals surface area contributed by atoms with Gasteiger partial charge in [-0.1, -0.05) is 31.4 Å². The van der Waals surface area contributed by atoms with E-state index in [0.717, 1.165) is 31.4 Å². The number of aliphatic hydroxyl groups is 1. The standard InChI is InChI=1S/C16H24N2O3/c1-21-14-8-4-3-7-13(14)17-11-15(19)18-12-16(20)9-5-2-6-10-16/h3-4,7-8,17,20H,2,5-6,9-12H2,1H3,(H,18,19). The molecule has 116 valence electrons. The molecule has 0 unspecified atom stereocenters. The lowest BCUT2D eigenvalue weighted by atomic mass is 9.85. The maximum Gasteiger partial charge on any atom is 0.239 e. The first kappa shape index (κ1) is 15.6. The summed E-state index contributed by atoms with van der Waals surface area (Å²) in [6, 6.07) is 7.46. The maximum atomic E-state index is 11.9. The largest absolute Gasteiger partial charge is 0.495 e. The molecule has 0 spiro atoms. The van der Waals surface area contributed by atoms with E-state index in [1.807, 2.05) is 24.3 Å². The Morgan fingerprint density at radius 2 is 2.00 bits per heavy atom. The SMILES string of the molecule is COc1ccccc1NCC(=O)NCC1(O)CCCCC1. The van der Waals surface area contributed by atoms with E-state index in [1.165, 1.54) is 6.42 Å². The van der Waals surface area contributed by atoms with Gasteiger partial charge in [-0.15, -0.1) is 0 Å². The molecule has 0 bridgehead atoms. The lowest BCUT2D eigenvalue weighted by molar-refractivity contribution is -0.121. The van der Waals surface area contributed by atoms with Crippen LogP contribution in [0.15, 0.2) is 24.3 Å². The van der Waals surface area contributed by atoms with Gasteiger partial charge in [-0.05, 0) is 25.0 Å². The lowest BCUT2D eigenvalue weighted by Crippen LogP contribution is -2.45. The van der Waals surface area contributed by atoms with Gasteiger partial charge in [0.25, 0.3) is 0 Å². The van der Waals surface area contributed by atoms with Crippen molar-refractivity contribution in [3.8, 4) is 5.75 Å². The van der Waals surface area contributed by atoms with Crippen molar-refractivity contribution >= 4 is 11.6 Å². The average Bonchev–Trinajstić information content (AvgIpc) is 2.52. The molecule has 1 amide bonds. The van der Waals surface area contributed by atoms with Crippen LogP contribution >= 0.6 is 0 Å². The lowest BCUT2D eigenvalue weighted by Gasteiger charge is -2.32. The molecule has 1 saturated carbocycles. The number of amides is 1. The Morgan fingerprint density at radius 3 is 2.71 bits per heavy atom. The molecule has 5 heteroatoms. The first-order valence-corrected chi connectivity index (χ1v) is 7.49. The van der Waals surface area contributed by atoms with Crippen molar-refractivity contribution in [3.63, 3.8) is 0 Å². The number of rotatable bonds is 6. The molecule has 1 aromatic carbocycles. The van der Waals surface area contributed by atoms with Crippen LogP contribution in [0.2, 0.25) is 0 Å². The number of carbonyl (C=O) groups excluding carboxylic acids is 1. The van der Waals surface area contributed by atoms with Crippen molar-refractivity contribution in [1.29, 1.82) is 0 Å². The molecule has 3 N–H and O–H groups in total. The van der Waals surface area contributed by atoms with Crippen molar-refractivity contribution in [2.45, 2.75) is 37.7 Å². The zero-order valence-electron chi connectivity index (χ0n) is 12.5. The van der Waals surface area contributed by atoms with Crippen LogP contribution in [0.4, 0.5) is 5.69 Å². The molecule has 5 nitrogen and oxygen atoms in total. The molecule has 0 aromatic heterocycles. The summed E-state index contributed by atoms with van der Waals surface area (Å²) in [5.74, 6) is 0.580. The third kappa shape index (κ3) is 4.63. The highest BCUT2D eigenvalue weighted by Crippen LogP contribution is 2.27. The van der Waals surface area contributed by atoms with Crippen LogP contribution in [0, 0.1) is 0 Å². The zero-order valence-corrected chi connectivity index (χ0v) is 12.5. The van der Waals surface area contributed by atoms with Crippen LogP contribution in [0.25, 0.3) is 0 Å². The number of ether oxygens (including phenoxy) is 1. The van der Waals surface area contributed by atoms with Gasteiger partial charge >= 0.3 is 0 Å². The normalized spacial score (nSPS) is 17.0. The van der Waals surface area contributed by atoms with Crippen LogP contribution in [-0.4, -0.2) is 36.8 Å².